The van der Waals surface area contributed by atoms with Gasteiger partial charge in [0, 0.05) is 31.7 Å². The fourth-order valence-corrected chi connectivity index (χ4v) is 2.88. The molecule has 0 bridgehead atoms. The van der Waals surface area contributed by atoms with Crippen LogP contribution in [0.25, 0.3) is 0 Å². The topological polar surface area (TPSA) is 50.8 Å². The zero-order chi connectivity index (χ0) is 13.7. The third-order valence-corrected chi connectivity index (χ3v) is 4.39. The molecule has 2 heterocycles. The minimum atomic E-state index is -0.343. The van der Waals surface area contributed by atoms with Gasteiger partial charge < -0.3 is 15.4 Å². The third kappa shape index (κ3) is 3.81. The molecular weight excluding hydrogens is 245 g/mol. The number of nitrogens with two attached hydrogens (primary N) is 1. The zero-order valence-electron chi connectivity index (χ0n) is 11.9. The lowest BCUT2D eigenvalue weighted by atomic mass is 9.82. The van der Waals surface area contributed by atoms with Crippen LogP contribution in [0.15, 0.2) is 4.99 Å². The van der Waals surface area contributed by atoms with Crippen LogP contribution in [0.4, 0.5) is 4.39 Å². The first-order valence-corrected chi connectivity index (χ1v) is 7.34. The van der Waals surface area contributed by atoms with E-state index in [0.29, 0.717) is 31.6 Å². The number of aliphatic imine (C=N–C) groups is 1. The molecule has 2 rings (SSSR count). The Bertz CT molecular complexity index is 316. The number of nitrogens with zero attached hydrogens (tertiary/aromatic N) is 2. The molecule has 0 aromatic carbocycles. The van der Waals surface area contributed by atoms with Crippen LogP contribution in [0, 0.1) is 11.3 Å². The maximum absolute atomic E-state index is 13.3. The average Bonchev–Trinajstić information content (AvgIpc) is 2.46. The largest absolute Gasteiger partial charge is 0.381 e. The summed E-state index contributed by atoms with van der Waals surface area (Å²) < 4.78 is 18.6. The van der Waals surface area contributed by atoms with Gasteiger partial charge >= 0.3 is 0 Å². The maximum Gasteiger partial charge on any atom is 0.191 e. The Balaban J connectivity index is 1.92. The van der Waals surface area contributed by atoms with Crippen molar-refractivity contribution >= 4 is 5.96 Å². The third-order valence-electron chi connectivity index (χ3n) is 4.39. The Kier molecular flexibility index (Phi) is 5.02. The number of hydrogen-bond acceptors (Lipinski definition) is 2. The van der Waals surface area contributed by atoms with Crippen molar-refractivity contribution in [3.05, 3.63) is 0 Å². The van der Waals surface area contributed by atoms with Crippen LogP contribution in [-0.2, 0) is 4.74 Å². The van der Waals surface area contributed by atoms with Gasteiger partial charge in [-0.05, 0) is 31.6 Å². The molecular formula is C14H26FN3O. The molecule has 5 heteroatoms. The molecule has 1 unspecified atom stereocenters. The standard InChI is InChI=1S/C14H26FN3O/c1-12-3-2-6-18(9-12)13(16)17-11-14(10-15)4-7-19-8-5-14/h12H,2-11H2,1H3,(H2,16,17). The monoisotopic (exact) mass is 271 g/mol. The summed E-state index contributed by atoms with van der Waals surface area (Å²) >= 11 is 0. The van der Waals surface area contributed by atoms with E-state index >= 15 is 0 Å². The lowest BCUT2D eigenvalue weighted by molar-refractivity contribution is 0.00680. The van der Waals surface area contributed by atoms with Crippen molar-refractivity contribution in [2.45, 2.75) is 32.6 Å². The molecule has 0 aromatic rings. The Morgan fingerprint density at radius 3 is 2.84 bits per heavy atom. The number of hydrogen-bond donors (Lipinski definition) is 1. The van der Waals surface area contributed by atoms with Crippen molar-refractivity contribution in [3.8, 4) is 0 Å². The van der Waals surface area contributed by atoms with E-state index < -0.39 is 0 Å². The Labute approximate surface area is 115 Å². The van der Waals surface area contributed by atoms with Gasteiger partial charge in [0.15, 0.2) is 5.96 Å². The molecule has 2 fully saturated rings. The quantitative estimate of drug-likeness (QED) is 0.629. The summed E-state index contributed by atoms with van der Waals surface area (Å²) in [6.07, 6.45) is 3.92. The Hall–Kier alpha value is -0.840. The molecule has 0 saturated carbocycles. The van der Waals surface area contributed by atoms with E-state index in [0.717, 1.165) is 25.9 Å². The van der Waals surface area contributed by atoms with Gasteiger partial charge in [0.05, 0.1) is 13.2 Å². The van der Waals surface area contributed by atoms with E-state index in [1.165, 1.54) is 12.8 Å². The van der Waals surface area contributed by atoms with Crippen molar-refractivity contribution in [1.29, 1.82) is 0 Å². The SMILES string of the molecule is CC1CCCN(C(N)=NCC2(CF)CCOCC2)C1. The molecule has 2 aliphatic heterocycles. The molecule has 1 atom stereocenters. The zero-order valence-corrected chi connectivity index (χ0v) is 11.9. The molecule has 0 spiro atoms. The maximum atomic E-state index is 13.3. The van der Waals surface area contributed by atoms with Crippen LogP contribution in [0.5, 0.6) is 0 Å². The van der Waals surface area contributed by atoms with Crippen LogP contribution in [0.1, 0.15) is 32.6 Å². The lowest BCUT2D eigenvalue weighted by Crippen LogP contribution is -2.44. The average molecular weight is 271 g/mol. The van der Waals surface area contributed by atoms with Crippen molar-refractivity contribution < 1.29 is 9.13 Å². The first-order valence-electron chi connectivity index (χ1n) is 7.34. The van der Waals surface area contributed by atoms with Crippen LogP contribution in [0.2, 0.25) is 0 Å². The highest BCUT2D eigenvalue weighted by molar-refractivity contribution is 5.78. The highest BCUT2D eigenvalue weighted by Crippen LogP contribution is 2.31. The summed E-state index contributed by atoms with van der Waals surface area (Å²) in [7, 11) is 0. The van der Waals surface area contributed by atoms with Gasteiger partial charge in [-0.3, -0.25) is 9.38 Å². The molecule has 2 saturated heterocycles. The Morgan fingerprint density at radius 2 is 2.21 bits per heavy atom. The van der Waals surface area contributed by atoms with E-state index in [2.05, 4.69) is 16.8 Å². The number of likely N-dealkylation sites (tertiary alicyclic amines) is 1. The number of piperidine rings is 1. The Morgan fingerprint density at radius 1 is 1.47 bits per heavy atom. The van der Waals surface area contributed by atoms with Gasteiger partial charge in [0.2, 0.25) is 0 Å². The summed E-state index contributed by atoms with van der Waals surface area (Å²) in [5.41, 5.74) is 5.72. The van der Waals surface area contributed by atoms with Gasteiger partial charge in [-0.25, -0.2) is 0 Å². The van der Waals surface area contributed by atoms with Crippen LogP contribution in [0.3, 0.4) is 0 Å². The summed E-state index contributed by atoms with van der Waals surface area (Å²) in [4.78, 5) is 6.61. The lowest BCUT2D eigenvalue weighted by Gasteiger charge is -2.35. The minimum Gasteiger partial charge on any atom is -0.381 e. The van der Waals surface area contributed by atoms with E-state index in [9.17, 15) is 4.39 Å². The number of alkyl halides is 1. The molecule has 0 aromatic heterocycles. The number of rotatable bonds is 3. The highest BCUT2D eigenvalue weighted by atomic mass is 19.1. The molecule has 110 valence electrons. The van der Waals surface area contributed by atoms with Crippen molar-refractivity contribution in [2.75, 3.05) is 39.5 Å². The number of ether oxygens (including phenoxy) is 1. The minimum absolute atomic E-state index is 0.330. The van der Waals surface area contributed by atoms with Crippen LogP contribution < -0.4 is 5.73 Å². The van der Waals surface area contributed by atoms with Crippen molar-refractivity contribution in [3.63, 3.8) is 0 Å². The smallest absolute Gasteiger partial charge is 0.191 e. The van der Waals surface area contributed by atoms with Gasteiger partial charge in [0.25, 0.3) is 0 Å². The number of halogens is 1. The highest BCUT2D eigenvalue weighted by Gasteiger charge is 2.33. The fraction of sp³-hybridized carbons (Fsp3) is 0.929. The van der Waals surface area contributed by atoms with Gasteiger partial charge in [-0.1, -0.05) is 6.92 Å². The molecule has 0 aliphatic carbocycles. The van der Waals surface area contributed by atoms with E-state index in [4.69, 9.17) is 10.5 Å². The molecule has 2 aliphatic rings. The van der Waals surface area contributed by atoms with E-state index in [1.807, 2.05) is 0 Å². The second-order valence-corrected chi connectivity index (χ2v) is 6.11. The van der Waals surface area contributed by atoms with Crippen LogP contribution >= 0.6 is 0 Å². The predicted octanol–water partition coefficient (Wildman–Crippen LogP) is 1.80. The van der Waals surface area contributed by atoms with Gasteiger partial charge in [-0.2, -0.15) is 0 Å². The van der Waals surface area contributed by atoms with Crippen molar-refractivity contribution in [2.24, 2.45) is 22.1 Å². The molecule has 0 amide bonds. The second-order valence-electron chi connectivity index (χ2n) is 6.11. The van der Waals surface area contributed by atoms with Crippen molar-refractivity contribution in [1.82, 2.24) is 4.90 Å². The van der Waals surface area contributed by atoms with E-state index in [-0.39, 0.29) is 12.1 Å². The summed E-state index contributed by atoms with van der Waals surface area (Å²) in [5, 5.41) is 0. The normalized spacial score (nSPS) is 28.4. The fourth-order valence-electron chi connectivity index (χ4n) is 2.88. The van der Waals surface area contributed by atoms with Gasteiger partial charge in [0.1, 0.15) is 0 Å². The van der Waals surface area contributed by atoms with Gasteiger partial charge in [-0.15, -0.1) is 0 Å². The number of guanidine groups is 1. The molecule has 0 radical (unpaired) electrons. The summed E-state index contributed by atoms with van der Waals surface area (Å²) in [6.45, 7) is 5.63. The van der Waals surface area contributed by atoms with E-state index in [1.54, 1.807) is 0 Å². The molecule has 2 N–H and O–H groups in total. The molecule has 19 heavy (non-hydrogen) atoms. The summed E-state index contributed by atoms with van der Waals surface area (Å²) in [6, 6.07) is 0. The second kappa shape index (κ2) is 6.55. The molecule has 4 nitrogen and oxygen atoms in total. The van der Waals surface area contributed by atoms with Crippen LogP contribution in [-0.4, -0.2) is 50.4 Å². The summed E-state index contributed by atoms with van der Waals surface area (Å²) in [5.74, 6) is 1.26. The first-order chi connectivity index (χ1) is 9.15. The predicted molar refractivity (Wildman–Crippen MR) is 74.9 cm³/mol. The first kappa shape index (κ1) is 14.6.